The first kappa shape index (κ1) is 12.7. The van der Waals surface area contributed by atoms with Crippen molar-refractivity contribution in [2.24, 2.45) is 5.92 Å². The summed E-state index contributed by atoms with van der Waals surface area (Å²) in [6.07, 6.45) is 4.16. The highest BCUT2D eigenvalue weighted by atomic mass is 32.2. The Bertz CT molecular complexity index is 204. The van der Waals surface area contributed by atoms with E-state index in [0.717, 1.165) is 18.0 Å². The Labute approximate surface area is 105 Å². The number of hydrogen-bond donors (Lipinski definition) is 1. The van der Waals surface area contributed by atoms with E-state index < -0.39 is 0 Å². The molecule has 94 valence electrons. The van der Waals surface area contributed by atoms with Gasteiger partial charge in [-0.05, 0) is 45.2 Å². The van der Waals surface area contributed by atoms with Crippen molar-refractivity contribution >= 4 is 11.8 Å². The lowest BCUT2D eigenvalue weighted by molar-refractivity contribution is 0.109. The van der Waals surface area contributed by atoms with Gasteiger partial charge in [0.1, 0.15) is 0 Å². The normalized spacial score (nSPS) is 37.5. The van der Waals surface area contributed by atoms with Crippen molar-refractivity contribution in [1.82, 2.24) is 10.2 Å². The lowest BCUT2D eigenvalue weighted by Gasteiger charge is -2.39. The van der Waals surface area contributed by atoms with Crippen LogP contribution in [0.1, 0.15) is 33.1 Å². The molecular weight excluding hydrogens is 216 g/mol. The maximum absolute atomic E-state index is 3.64. The Morgan fingerprint density at radius 1 is 1.38 bits per heavy atom. The Morgan fingerprint density at radius 3 is 3.00 bits per heavy atom. The molecule has 16 heavy (non-hydrogen) atoms. The summed E-state index contributed by atoms with van der Waals surface area (Å²) in [6, 6.07) is 1.56. The van der Waals surface area contributed by atoms with Crippen molar-refractivity contribution in [3.8, 4) is 0 Å². The first-order valence-corrected chi connectivity index (χ1v) is 7.98. The molecule has 0 aromatic carbocycles. The smallest absolute Gasteiger partial charge is 0.0170 e. The second-order valence-corrected chi connectivity index (χ2v) is 6.56. The second kappa shape index (κ2) is 6.27. The molecule has 2 rings (SSSR count). The Hall–Kier alpha value is 0.270. The van der Waals surface area contributed by atoms with Crippen molar-refractivity contribution in [1.29, 1.82) is 0 Å². The minimum absolute atomic E-state index is 0.767. The Morgan fingerprint density at radius 2 is 2.25 bits per heavy atom. The second-order valence-electron chi connectivity index (χ2n) is 5.41. The number of nitrogens with one attached hydrogen (secondary N) is 1. The van der Waals surface area contributed by atoms with Gasteiger partial charge >= 0.3 is 0 Å². The van der Waals surface area contributed by atoms with Crippen molar-refractivity contribution < 1.29 is 0 Å². The highest BCUT2D eigenvalue weighted by molar-refractivity contribution is 7.99. The molecule has 3 atom stereocenters. The molecule has 0 amide bonds. The monoisotopic (exact) mass is 242 g/mol. The number of rotatable bonds is 3. The molecule has 2 saturated heterocycles. The predicted molar refractivity (Wildman–Crippen MR) is 73.2 cm³/mol. The van der Waals surface area contributed by atoms with Gasteiger partial charge in [-0.1, -0.05) is 6.92 Å². The third kappa shape index (κ3) is 3.38. The van der Waals surface area contributed by atoms with Gasteiger partial charge in [-0.2, -0.15) is 11.8 Å². The maximum atomic E-state index is 3.64. The fraction of sp³-hybridized carbons (Fsp3) is 1.00. The molecule has 0 radical (unpaired) electrons. The maximum Gasteiger partial charge on any atom is 0.0170 e. The van der Waals surface area contributed by atoms with E-state index in [0.29, 0.717) is 0 Å². The summed E-state index contributed by atoms with van der Waals surface area (Å²) in [6.45, 7) is 8.65. The Balaban J connectivity index is 1.71. The summed E-state index contributed by atoms with van der Waals surface area (Å²) in [4.78, 5) is 2.70. The van der Waals surface area contributed by atoms with Gasteiger partial charge in [0.2, 0.25) is 0 Å². The number of thioether (sulfide) groups is 1. The van der Waals surface area contributed by atoms with Crippen LogP contribution in [0.25, 0.3) is 0 Å². The van der Waals surface area contributed by atoms with E-state index in [2.05, 4.69) is 35.8 Å². The molecule has 0 aromatic heterocycles. The highest BCUT2D eigenvalue weighted by Gasteiger charge is 2.25. The highest BCUT2D eigenvalue weighted by Crippen LogP contribution is 2.23. The van der Waals surface area contributed by atoms with Crippen LogP contribution in [-0.4, -0.2) is 48.1 Å². The zero-order valence-electron chi connectivity index (χ0n) is 10.7. The first-order valence-electron chi connectivity index (χ1n) is 6.82. The van der Waals surface area contributed by atoms with Gasteiger partial charge in [-0.3, -0.25) is 0 Å². The van der Waals surface area contributed by atoms with E-state index in [1.807, 2.05) is 0 Å². The molecule has 3 unspecified atom stereocenters. The Kier molecular flexibility index (Phi) is 4.98. The number of nitrogens with zero attached hydrogens (tertiary/aromatic N) is 1. The van der Waals surface area contributed by atoms with Crippen molar-refractivity contribution in [3.05, 3.63) is 0 Å². The summed E-state index contributed by atoms with van der Waals surface area (Å²) in [5.74, 6) is 3.51. The van der Waals surface area contributed by atoms with Crippen LogP contribution in [0.15, 0.2) is 0 Å². The van der Waals surface area contributed by atoms with E-state index in [9.17, 15) is 0 Å². The van der Waals surface area contributed by atoms with E-state index in [1.165, 1.54) is 50.4 Å². The molecule has 0 saturated carbocycles. The molecule has 1 N–H and O–H groups in total. The lowest BCUT2D eigenvalue weighted by atomic mass is 9.92. The van der Waals surface area contributed by atoms with Gasteiger partial charge in [-0.25, -0.2) is 0 Å². The van der Waals surface area contributed by atoms with Gasteiger partial charge in [0.15, 0.2) is 0 Å². The van der Waals surface area contributed by atoms with Crippen LogP contribution in [-0.2, 0) is 0 Å². The van der Waals surface area contributed by atoms with Crippen LogP contribution >= 0.6 is 11.8 Å². The topological polar surface area (TPSA) is 15.3 Å². The van der Waals surface area contributed by atoms with Crippen LogP contribution in [0.5, 0.6) is 0 Å². The van der Waals surface area contributed by atoms with Gasteiger partial charge in [-0.15, -0.1) is 0 Å². The summed E-state index contributed by atoms with van der Waals surface area (Å²) in [5, 5.41) is 3.64. The molecule has 0 spiro atoms. The predicted octanol–water partition coefficient (Wildman–Crippen LogP) is 2.20. The minimum atomic E-state index is 0.767. The molecule has 2 heterocycles. The molecule has 2 aliphatic rings. The van der Waals surface area contributed by atoms with E-state index in [-0.39, 0.29) is 0 Å². The average molecular weight is 242 g/mol. The number of hydrogen-bond acceptors (Lipinski definition) is 3. The fourth-order valence-corrected chi connectivity index (χ4v) is 3.86. The van der Waals surface area contributed by atoms with Crippen LogP contribution in [0.4, 0.5) is 0 Å². The van der Waals surface area contributed by atoms with Gasteiger partial charge in [0.05, 0.1) is 0 Å². The van der Waals surface area contributed by atoms with Crippen LogP contribution in [0, 0.1) is 5.92 Å². The molecule has 0 aromatic rings. The fourth-order valence-electron chi connectivity index (χ4n) is 2.86. The summed E-state index contributed by atoms with van der Waals surface area (Å²) in [7, 11) is 0. The molecule has 2 aliphatic heterocycles. The minimum Gasteiger partial charge on any atom is -0.312 e. The first-order chi connectivity index (χ1) is 7.77. The standard InChI is InChI=1S/C13H26N2S/c1-11-4-3-7-15(12(11)2)8-5-13-10-16-9-6-14-13/h11-14H,3-10H2,1-2H3. The quantitative estimate of drug-likeness (QED) is 0.817. The van der Waals surface area contributed by atoms with E-state index in [4.69, 9.17) is 0 Å². The van der Waals surface area contributed by atoms with Crippen LogP contribution in [0.2, 0.25) is 0 Å². The number of piperidine rings is 1. The summed E-state index contributed by atoms with van der Waals surface area (Å²) < 4.78 is 0. The van der Waals surface area contributed by atoms with Crippen molar-refractivity contribution in [2.75, 3.05) is 31.1 Å². The van der Waals surface area contributed by atoms with Crippen molar-refractivity contribution in [3.63, 3.8) is 0 Å². The molecule has 2 nitrogen and oxygen atoms in total. The zero-order valence-corrected chi connectivity index (χ0v) is 11.6. The molecule has 3 heteroatoms. The molecule has 0 aliphatic carbocycles. The zero-order chi connectivity index (χ0) is 11.4. The van der Waals surface area contributed by atoms with Gasteiger partial charge in [0, 0.05) is 30.1 Å². The number of likely N-dealkylation sites (tertiary alicyclic amines) is 1. The third-order valence-electron chi connectivity index (χ3n) is 4.27. The van der Waals surface area contributed by atoms with E-state index >= 15 is 0 Å². The largest absolute Gasteiger partial charge is 0.312 e. The summed E-state index contributed by atoms with van der Waals surface area (Å²) >= 11 is 2.11. The van der Waals surface area contributed by atoms with E-state index in [1.54, 1.807) is 0 Å². The molecular formula is C13H26N2S. The summed E-state index contributed by atoms with van der Waals surface area (Å²) in [5.41, 5.74) is 0. The van der Waals surface area contributed by atoms with Crippen LogP contribution < -0.4 is 5.32 Å². The average Bonchev–Trinajstić information content (AvgIpc) is 2.32. The molecule has 2 fully saturated rings. The van der Waals surface area contributed by atoms with Crippen molar-refractivity contribution in [2.45, 2.75) is 45.2 Å². The van der Waals surface area contributed by atoms with Crippen LogP contribution in [0.3, 0.4) is 0 Å². The third-order valence-corrected chi connectivity index (χ3v) is 5.40. The van der Waals surface area contributed by atoms with Gasteiger partial charge in [0.25, 0.3) is 0 Å². The SMILES string of the molecule is CC1CCCN(CCC2CSCCN2)C1C. The lowest BCUT2D eigenvalue weighted by Crippen LogP contribution is -2.46. The molecule has 0 bridgehead atoms. The van der Waals surface area contributed by atoms with Gasteiger partial charge < -0.3 is 10.2 Å².